The average molecular weight is 341 g/mol. The van der Waals surface area contributed by atoms with Crippen molar-refractivity contribution in [3.05, 3.63) is 78.4 Å². The molecule has 0 fully saturated rings. The number of carbonyl (C=O) groups excluding carboxylic acids is 1. The van der Waals surface area contributed by atoms with E-state index < -0.39 is 0 Å². The Balaban J connectivity index is 1.79. The topological polar surface area (TPSA) is 17.1 Å². The van der Waals surface area contributed by atoms with Crippen molar-refractivity contribution in [1.82, 2.24) is 0 Å². The Hall–Kier alpha value is -1.63. The van der Waals surface area contributed by atoms with Gasteiger partial charge in [0, 0.05) is 0 Å². The molecule has 1 nitrogen and oxygen atoms in total. The van der Waals surface area contributed by atoms with Gasteiger partial charge in [0.05, 0.1) is 0 Å². The fraction of sp³-hybridized carbons (Fsp3) is 0.211. The normalized spacial score (nSPS) is 21.1. The van der Waals surface area contributed by atoms with E-state index in [0.29, 0.717) is 4.68 Å². The van der Waals surface area contributed by atoms with Gasteiger partial charge in [0.15, 0.2) is 0 Å². The van der Waals surface area contributed by atoms with E-state index in [-0.39, 0.29) is 26.8 Å². The first-order valence-electron chi connectivity index (χ1n) is 7.33. The molecule has 0 saturated heterocycles. The van der Waals surface area contributed by atoms with Crippen molar-refractivity contribution in [2.45, 2.75) is 18.8 Å². The molecule has 0 aromatic heterocycles. The summed E-state index contributed by atoms with van der Waals surface area (Å²) >= 11 is -0.0792. The molecule has 3 rings (SSSR count). The molecule has 0 bridgehead atoms. The molecule has 1 aliphatic rings. The molecule has 2 atom stereocenters. The van der Waals surface area contributed by atoms with E-state index in [0.717, 1.165) is 12.8 Å². The van der Waals surface area contributed by atoms with Crippen LogP contribution in [0.15, 0.2) is 72.8 Å². The van der Waals surface area contributed by atoms with Gasteiger partial charge in [-0.05, 0) is 0 Å². The summed E-state index contributed by atoms with van der Waals surface area (Å²) in [6.45, 7) is 0. The fourth-order valence-corrected chi connectivity index (χ4v) is 4.77. The second-order valence-electron chi connectivity index (χ2n) is 5.28. The number of benzene rings is 2. The monoisotopic (exact) mass is 342 g/mol. The van der Waals surface area contributed by atoms with Crippen molar-refractivity contribution in [2.75, 3.05) is 0 Å². The first-order chi connectivity index (χ1) is 10.3. The van der Waals surface area contributed by atoms with E-state index >= 15 is 0 Å². The van der Waals surface area contributed by atoms with Gasteiger partial charge >= 0.3 is 132 Å². The van der Waals surface area contributed by atoms with E-state index in [4.69, 9.17) is 0 Å². The third kappa shape index (κ3) is 3.52. The molecule has 0 heterocycles. The van der Waals surface area contributed by atoms with Gasteiger partial charge in [0.1, 0.15) is 0 Å². The minimum absolute atomic E-state index is 0.0792. The second kappa shape index (κ2) is 6.89. The molecule has 2 aromatic rings. The summed E-state index contributed by atoms with van der Waals surface area (Å²) in [5, 5.41) is 0. The predicted molar refractivity (Wildman–Crippen MR) is 87.9 cm³/mol. The molecular formula is C19H18OSe. The zero-order valence-corrected chi connectivity index (χ0v) is 13.5. The molecule has 2 heteroatoms. The summed E-state index contributed by atoms with van der Waals surface area (Å²) < 4.78 is 1.60. The van der Waals surface area contributed by atoms with Crippen LogP contribution in [0.3, 0.4) is 0 Å². The Labute approximate surface area is 132 Å². The van der Waals surface area contributed by atoms with Gasteiger partial charge < -0.3 is 0 Å². The number of hydrogen-bond donors (Lipinski definition) is 0. The zero-order valence-electron chi connectivity index (χ0n) is 11.8. The summed E-state index contributed by atoms with van der Waals surface area (Å²) in [5.74, 6) is 0.385. The van der Waals surface area contributed by atoms with Crippen LogP contribution in [0, 0.1) is 5.92 Å². The predicted octanol–water partition coefficient (Wildman–Crippen LogP) is 3.29. The van der Waals surface area contributed by atoms with Crippen molar-refractivity contribution in [3.8, 4) is 0 Å². The van der Waals surface area contributed by atoms with Crippen LogP contribution in [0.5, 0.6) is 0 Å². The van der Waals surface area contributed by atoms with Gasteiger partial charge in [-0.3, -0.25) is 0 Å². The molecule has 1 aliphatic carbocycles. The number of allylic oxidation sites excluding steroid dienone is 2. The van der Waals surface area contributed by atoms with Gasteiger partial charge in [-0.15, -0.1) is 0 Å². The summed E-state index contributed by atoms with van der Waals surface area (Å²) in [7, 11) is 0. The third-order valence-corrected chi connectivity index (χ3v) is 5.99. The van der Waals surface area contributed by atoms with Crippen molar-refractivity contribution in [3.63, 3.8) is 0 Å². The van der Waals surface area contributed by atoms with Crippen molar-refractivity contribution in [2.24, 2.45) is 5.92 Å². The van der Waals surface area contributed by atoms with Crippen molar-refractivity contribution in [1.29, 1.82) is 0 Å². The number of hydrogen-bond acceptors (Lipinski definition) is 1. The molecule has 0 amide bonds. The summed E-state index contributed by atoms with van der Waals surface area (Å²) in [6.07, 6.45) is 6.44. The van der Waals surface area contributed by atoms with Gasteiger partial charge in [-0.2, -0.15) is 0 Å². The minimum atomic E-state index is -0.0792. The van der Waals surface area contributed by atoms with E-state index in [9.17, 15) is 4.79 Å². The standard InChI is InChI=1S/C19H18OSe/c20-19(21-16-11-5-2-6-12-16)18-14-8-7-13-17(18)15-9-3-1-4-10-15/h1-7,9-13,17-18H,8,14H2. The van der Waals surface area contributed by atoms with Gasteiger partial charge in [-0.1, -0.05) is 0 Å². The molecule has 0 saturated carbocycles. The summed E-state index contributed by atoms with van der Waals surface area (Å²) in [4.78, 5) is 12.7. The fourth-order valence-electron chi connectivity index (χ4n) is 2.80. The van der Waals surface area contributed by atoms with Crippen LogP contribution in [0.4, 0.5) is 0 Å². The third-order valence-electron chi connectivity index (χ3n) is 3.87. The van der Waals surface area contributed by atoms with Gasteiger partial charge in [0.2, 0.25) is 0 Å². The van der Waals surface area contributed by atoms with Gasteiger partial charge in [0.25, 0.3) is 0 Å². The Morgan fingerprint density at radius 2 is 1.62 bits per heavy atom. The summed E-state index contributed by atoms with van der Waals surface area (Å²) in [5.41, 5.74) is 1.26. The number of rotatable bonds is 4. The van der Waals surface area contributed by atoms with Crippen molar-refractivity contribution >= 4 is 24.1 Å². The number of carbonyl (C=O) groups is 1. The second-order valence-corrected chi connectivity index (χ2v) is 7.54. The van der Waals surface area contributed by atoms with Gasteiger partial charge in [-0.25, -0.2) is 0 Å². The first kappa shape index (κ1) is 14.3. The first-order valence-corrected chi connectivity index (χ1v) is 9.04. The Morgan fingerprint density at radius 3 is 2.33 bits per heavy atom. The zero-order chi connectivity index (χ0) is 14.5. The van der Waals surface area contributed by atoms with E-state index in [1.54, 1.807) is 0 Å². The quantitative estimate of drug-likeness (QED) is 0.616. The Morgan fingerprint density at radius 1 is 0.952 bits per heavy atom. The molecular weight excluding hydrogens is 323 g/mol. The van der Waals surface area contributed by atoms with E-state index in [2.05, 4.69) is 48.6 Å². The molecule has 106 valence electrons. The Kier molecular flexibility index (Phi) is 4.69. The van der Waals surface area contributed by atoms with Crippen LogP contribution in [0.2, 0.25) is 0 Å². The van der Waals surface area contributed by atoms with Crippen LogP contribution in [-0.2, 0) is 4.79 Å². The van der Waals surface area contributed by atoms with E-state index in [1.165, 1.54) is 10.0 Å². The van der Waals surface area contributed by atoms with Crippen LogP contribution in [0.25, 0.3) is 0 Å². The van der Waals surface area contributed by atoms with Crippen LogP contribution in [-0.4, -0.2) is 19.6 Å². The maximum atomic E-state index is 12.7. The van der Waals surface area contributed by atoms with Crippen LogP contribution >= 0.6 is 0 Å². The molecule has 0 radical (unpaired) electrons. The molecule has 0 aliphatic heterocycles. The summed E-state index contributed by atoms with van der Waals surface area (Å²) in [6, 6.07) is 20.6. The van der Waals surface area contributed by atoms with Crippen molar-refractivity contribution < 1.29 is 4.79 Å². The van der Waals surface area contributed by atoms with E-state index in [1.807, 2.05) is 24.3 Å². The molecule has 0 N–H and O–H groups in total. The average Bonchev–Trinajstić information content (AvgIpc) is 2.56. The molecule has 21 heavy (non-hydrogen) atoms. The molecule has 2 unspecified atom stereocenters. The Bertz CT molecular complexity index is 619. The van der Waals surface area contributed by atoms with Crippen LogP contribution < -0.4 is 4.46 Å². The molecule has 0 spiro atoms. The van der Waals surface area contributed by atoms with Crippen LogP contribution in [0.1, 0.15) is 24.3 Å². The molecule has 2 aromatic carbocycles. The SMILES string of the molecule is O=C([Se]c1ccccc1)C1CCC=CC1c1ccccc1. The maximum absolute atomic E-state index is 12.7.